The average Bonchev–Trinajstić information content (AvgIpc) is 2.21. The van der Waals surface area contributed by atoms with Gasteiger partial charge in [0.15, 0.2) is 0 Å². The number of hydrogen-bond acceptors (Lipinski definition) is 4. The zero-order chi connectivity index (χ0) is 11.1. The Morgan fingerprint density at radius 2 is 1.93 bits per heavy atom. The van der Waals surface area contributed by atoms with E-state index in [4.69, 9.17) is 0 Å². The van der Waals surface area contributed by atoms with Gasteiger partial charge in [0.25, 0.3) is 0 Å². The highest BCUT2D eigenvalue weighted by molar-refractivity contribution is 5.75. The molecule has 0 radical (unpaired) electrons. The molecule has 2 N–H and O–H groups in total. The van der Waals surface area contributed by atoms with Crippen LogP contribution in [0.25, 0.3) is 0 Å². The van der Waals surface area contributed by atoms with Crippen molar-refractivity contribution in [2.24, 2.45) is 0 Å². The van der Waals surface area contributed by atoms with Crippen LogP contribution in [0.3, 0.4) is 0 Å². The highest BCUT2D eigenvalue weighted by Crippen LogP contribution is 1.95. The van der Waals surface area contributed by atoms with Crippen LogP contribution in [0.1, 0.15) is 13.3 Å². The van der Waals surface area contributed by atoms with Crippen LogP contribution >= 0.6 is 0 Å². The second kappa shape index (κ2) is 6.76. The van der Waals surface area contributed by atoms with Crippen molar-refractivity contribution in [3.8, 4) is 0 Å². The smallest absolute Gasteiger partial charge is 0.221 e. The molecule has 0 aromatic carbocycles. The van der Waals surface area contributed by atoms with E-state index in [1.54, 1.807) is 0 Å². The second-order valence-electron chi connectivity index (χ2n) is 3.90. The summed E-state index contributed by atoms with van der Waals surface area (Å²) in [5.74, 6) is 0.124. The van der Waals surface area contributed by atoms with Gasteiger partial charge in [-0.15, -0.1) is 0 Å². The molecule has 0 atom stereocenters. The largest absolute Gasteiger partial charge is 0.356 e. The zero-order valence-electron chi connectivity index (χ0n) is 9.75. The topological polar surface area (TPSA) is 47.6 Å². The molecular weight excluding hydrogens is 192 g/mol. The number of hydrogen-bond donors (Lipinski definition) is 2. The van der Waals surface area contributed by atoms with Crippen molar-refractivity contribution in [3.05, 3.63) is 0 Å². The molecule has 1 rings (SSSR count). The van der Waals surface area contributed by atoms with Gasteiger partial charge < -0.3 is 10.2 Å². The van der Waals surface area contributed by atoms with Crippen LogP contribution in [0, 0.1) is 0 Å². The molecule has 1 fully saturated rings. The Labute approximate surface area is 91.8 Å². The molecule has 0 saturated carbocycles. The summed E-state index contributed by atoms with van der Waals surface area (Å²) in [6, 6.07) is 0. The lowest BCUT2D eigenvalue weighted by molar-refractivity contribution is -0.121. The van der Waals surface area contributed by atoms with Gasteiger partial charge in [-0.1, -0.05) is 0 Å². The van der Waals surface area contributed by atoms with Crippen LogP contribution in [0.2, 0.25) is 0 Å². The minimum absolute atomic E-state index is 0.124. The van der Waals surface area contributed by atoms with Gasteiger partial charge >= 0.3 is 0 Å². The van der Waals surface area contributed by atoms with Crippen molar-refractivity contribution in [3.63, 3.8) is 0 Å². The maximum atomic E-state index is 11.2. The number of nitrogens with one attached hydrogen (secondary N) is 2. The maximum Gasteiger partial charge on any atom is 0.221 e. The van der Waals surface area contributed by atoms with Crippen molar-refractivity contribution in [2.45, 2.75) is 13.3 Å². The number of rotatable bonds is 5. The number of nitrogens with zero attached hydrogens (tertiary/aromatic N) is 2. The van der Waals surface area contributed by atoms with Crippen LogP contribution in [-0.4, -0.2) is 62.1 Å². The van der Waals surface area contributed by atoms with E-state index in [2.05, 4.69) is 27.7 Å². The lowest BCUT2D eigenvalue weighted by Crippen LogP contribution is -2.51. The van der Waals surface area contributed by atoms with Gasteiger partial charge in [0, 0.05) is 45.7 Å². The second-order valence-corrected chi connectivity index (χ2v) is 3.90. The number of carbonyl (C=O) groups excluding carboxylic acids is 1. The fourth-order valence-corrected chi connectivity index (χ4v) is 1.58. The van der Waals surface area contributed by atoms with Crippen molar-refractivity contribution < 1.29 is 4.79 Å². The van der Waals surface area contributed by atoms with Crippen molar-refractivity contribution in [2.75, 3.05) is 46.3 Å². The van der Waals surface area contributed by atoms with E-state index in [-0.39, 0.29) is 5.91 Å². The highest BCUT2D eigenvalue weighted by atomic mass is 16.1. The average molecular weight is 214 g/mol. The van der Waals surface area contributed by atoms with Crippen molar-refractivity contribution in [1.82, 2.24) is 20.7 Å². The van der Waals surface area contributed by atoms with Crippen LogP contribution in [-0.2, 0) is 4.79 Å². The summed E-state index contributed by atoms with van der Waals surface area (Å²) in [6.45, 7) is 7.63. The number of piperazine rings is 1. The summed E-state index contributed by atoms with van der Waals surface area (Å²) >= 11 is 0. The van der Waals surface area contributed by atoms with E-state index >= 15 is 0 Å². The molecule has 1 saturated heterocycles. The van der Waals surface area contributed by atoms with Gasteiger partial charge in [0.2, 0.25) is 5.91 Å². The summed E-state index contributed by atoms with van der Waals surface area (Å²) in [6.07, 6.45) is 0.556. The fraction of sp³-hybridized carbons (Fsp3) is 0.900. The van der Waals surface area contributed by atoms with Crippen molar-refractivity contribution in [1.29, 1.82) is 0 Å². The normalized spacial score (nSPS) is 19.1. The Bertz CT molecular complexity index is 190. The van der Waals surface area contributed by atoms with Gasteiger partial charge in [0.1, 0.15) is 0 Å². The minimum Gasteiger partial charge on any atom is -0.356 e. The molecule has 0 aliphatic carbocycles. The van der Waals surface area contributed by atoms with Gasteiger partial charge in [-0.2, -0.15) is 0 Å². The quantitative estimate of drug-likeness (QED) is 0.633. The lowest BCUT2D eigenvalue weighted by atomic mass is 10.3. The molecule has 1 aliphatic heterocycles. The van der Waals surface area contributed by atoms with Crippen LogP contribution < -0.4 is 10.7 Å². The maximum absolute atomic E-state index is 11.2. The Hall–Kier alpha value is -0.650. The molecule has 0 unspecified atom stereocenters. The molecule has 0 bridgehead atoms. The zero-order valence-corrected chi connectivity index (χ0v) is 9.75. The number of amides is 1. The van der Waals surface area contributed by atoms with E-state index in [9.17, 15) is 4.79 Å². The molecule has 88 valence electrons. The van der Waals surface area contributed by atoms with E-state index in [0.717, 1.165) is 32.7 Å². The first-order chi connectivity index (χ1) is 7.22. The number of carbonyl (C=O) groups is 1. The highest BCUT2D eigenvalue weighted by Gasteiger charge is 2.12. The van der Waals surface area contributed by atoms with E-state index in [1.807, 2.05) is 6.92 Å². The summed E-state index contributed by atoms with van der Waals surface area (Å²) < 4.78 is 0. The first-order valence-corrected chi connectivity index (χ1v) is 5.66. The molecule has 15 heavy (non-hydrogen) atoms. The predicted molar refractivity (Wildman–Crippen MR) is 60.4 cm³/mol. The third-order valence-corrected chi connectivity index (χ3v) is 2.56. The Morgan fingerprint density at radius 3 is 2.53 bits per heavy atom. The Balaban J connectivity index is 2.02. The summed E-state index contributed by atoms with van der Waals surface area (Å²) in [7, 11) is 2.13. The van der Waals surface area contributed by atoms with Crippen LogP contribution in [0.15, 0.2) is 0 Å². The Morgan fingerprint density at radius 1 is 1.27 bits per heavy atom. The monoisotopic (exact) mass is 214 g/mol. The molecule has 0 aromatic heterocycles. The summed E-state index contributed by atoms with van der Waals surface area (Å²) in [4.78, 5) is 13.5. The molecule has 5 heteroatoms. The van der Waals surface area contributed by atoms with E-state index < -0.39 is 0 Å². The predicted octanol–water partition coefficient (Wildman–Crippen LogP) is -0.735. The van der Waals surface area contributed by atoms with E-state index in [1.165, 1.54) is 0 Å². The van der Waals surface area contributed by atoms with E-state index in [0.29, 0.717) is 13.0 Å². The van der Waals surface area contributed by atoms with Crippen LogP contribution in [0.5, 0.6) is 0 Å². The molecule has 0 spiro atoms. The molecule has 1 heterocycles. The fourth-order valence-electron chi connectivity index (χ4n) is 1.58. The molecule has 0 aromatic rings. The molecule has 1 aliphatic rings. The van der Waals surface area contributed by atoms with Crippen molar-refractivity contribution >= 4 is 5.91 Å². The van der Waals surface area contributed by atoms with Crippen LogP contribution in [0.4, 0.5) is 0 Å². The molecular formula is C10H22N4O. The summed E-state index contributed by atoms with van der Waals surface area (Å²) in [5.41, 5.74) is 3.28. The minimum atomic E-state index is 0.124. The van der Waals surface area contributed by atoms with Gasteiger partial charge in [0.05, 0.1) is 0 Å². The molecule has 1 amide bonds. The number of likely N-dealkylation sites (N-methyl/N-ethyl adjacent to an activating group) is 1. The third kappa shape index (κ3) is 5.11. The lowest BCUT2D eigenvalue weighted by Gasteiger charge is -2.32. The first-order valence-electron chi connectivity index (χ1n) is 5.66. The SMILES string of the molecule is CCNC(=O)CCNN1CCN(C)CC1. The number of hydrazine groups is 1. The first kappa shape index (κ1) is 12.4. The molecule has 5 nitrogen and oxygen atoms in total. The van der Waals surface area contributed by atoms with Gasteiger partial charge in [-0.25, -0.2) is 5.01 Å². The summed E-state index contributed by atoms with van der Waals surface area (Å²) in [5, 5.41) is 4.98. The van der Waals surface area contributed by atoms with Gasteiger partial charge in [-0.05, 0) is 14.0 Å². The third-order valence-electron chi connectivity index (χ3n) is 2.56. The standard InChI is InChI=1S/C10H22N4O/c1-3-11-10(15)4-5-12-14-8-6-13(2)7-9-14/h12H,3-9H2,1-2H3,(H,11,15). The van der Waals surface area contributed by atoms with Gasteiger partial charge in [-0.3, -0.25) is 10.2 Å². The Kier molecular flexibility index (Phi) is 5.60.